The van der Waals surface area contributed by atoms with Gasteiger partial charge in [0.05, 0.1) is 52.9 Å². The van der Waals surface area contributed by atoms with Crippen molar-refractivity contribution in [3.05, 3.63) is 0 Å². The van der Waals surface area contributed by atoms with E-state index in [1.54, 1.807) is 0 Å². The maximum absolute atomic E-state index is 11.8. The van der Waals surface area contributed by atoms with E-state index >= 15 is 0 Å². The third-order valence-corrected chi connectivity index (χ3v) is 7.32. The summed E-state index contributed by atoms with van der Waals surface area (Å²) in [7, 11) is 0. The number of rotatable bonds is 36. The van der Waals surface area contributed by atoms with Gasteiger partial charge in [0.1, 0.15) is 13.2 Å². The van der Waals surface area contributed by atoms with E-state index < -0.39 is 0 Å². The zero-order valence-corrected chi connectivity index (χ0v) is 28.2. The summed E-state index contributed by atoms with van der Waals surface area (Å²) < 4.78 is 32.2. The molecule has 8 heteroatoms. The molecule has 0 bridgehead atoms. The molecule has 0 aliphatic carbocycles. The fraction of sp³-hybridized carbons (Fsp3) is 0.943. The van der Waals surface area contributed by atoms with Gasteiger partial charge in [-0.15, -0.1) is 0 Å². The Bertz CT molecular complexity index is 572. The summed E-state index contributed by atoms with van der Waals surface area (Å²) in [5.41, 5.74) is 0. The van der Waals surface area contributed by atoms with Crippen LogP contribution in [-0.4, -0.2) is 78.0 Å². The van der Waals surface area contributed by atoms with E-state index in [1.807, 2.05) is 0 Å². The number of esters is 2. The summed E-state index contributed by atoms with van der Waals surface area (Å²) in [5.74, 6) is -0.272. The number of carbonyl (C=O) groups is 2. The van der Waals surface area contributed by atoms with Crippen molar-refractivity contribution in [2.24, 2.45) is 0 Å². The maximum atomic E-state index is 11.8. The predicted octanol–water partition coefficient (Wildman–Crippen LogP) is 8.37. The van der Waals surface area contributed by atoms with Gasteiger partial charge in [-0.3, -0.25) is 9.59 Å². The molecule has 0 aliphatic heterocycles. The van der Waals surface area contributed by atoms with Crippen LogP contribution in [0.5, 0.6) is 0 Å². The molecule has 43 heavy (non-hydrogen) atoms. The molecule has 0 heterocycles. The van der Waals surface area contributed by atoms with E-state index in [1.165, 1.54) is 96.3 Å². The summed E-state index contributed by atoms with van der Waals surface area (Å²) >= 11 is 0. The van der Waals surface area contributed by atoms with Crippen molar-refractivity contribution < 1.29 is 38.0 Å². The zero-order valence-electron chi connectivity index (χ0n) is 28.2. The van der Waals surface area contributed by atoms with Gasteiger partial charge in [0.15, 0.2) is 0 Å². The third-order valence-electron chi connectivity index (χ3n) is 7.32. The molecule has 0 unspecified atom stereocenters. The minimum Gasteiger partial charge on any atom is -0.463 e. The second-order valence-corrected chi connectivity index (χ2v) is 11.4. The van der Waals surface area contributed by atoms with Crippen LogP contribution in [0.3, 0.4) is 0 Å². The SMILES string of the molecule is CCCCCCCCCCCCCCCC(=O)OCCOCCOCCOCCOCCOC(=O)CCCCCCCC. The number of unbranched alkanes of at least 4 members (excludes halogenated alkanes) is 17. The Kier molecular flexibility index (Phi) is 35.9. The lowest BCUT2D eigenvalue weighted by Crippen LogP contribution is -2.15. The first-order valence-electron chi connectivity index (χ1n) is 17.8. The van der Waals surface area contributed by atoms with Crippen LogP contribution < -0.4 is 0 Å². The normalized spacial score (nSPS) is 11.2. The van der Waals surface area contributed by atoms with Gasteiger partial charge in [-0.05, 0) is 12.8 Å². The van der Waals surface area contributed by atoms with E-state index in [4.69, 9.17) is 28.4 Å². The molecule has 0 fully saturated rings. The van der Waals surface area contributed by atoms with E-state index in [-0.39, 0.29) is 18.5 Å². The molecular formula is C35H68O8. The number of carbonyl (C=O) groups excluding carboxylic acids is 2. The Morgan fingerprint density at radius 3 is 0.837 bits per heavy atom. The van der Waals surface area contributed by atoms with Crippen LogP contribution in [0.1, 0.15) is 149 Å². The molecule has 0 aromatic rings. The smallest absolute Gasteiger partial charge is 0.305 e. The predicted molar refractivity (Wildman–Crippen MR) is 173 cm³/mol. The molecule has 8 nitrogen and oxygen atoms in total. The molecule has 0 N–H and O–H groups in total. The molecule has 0 spiro atoms. The molecule has 256 valence electrons. The average Bonchev–Trinajstić information content (AvgIpc) is 3.01. The highest BCUT2D eigenvalue weighted by Crippen LogP contribution is 2.13. The van der Waals surface area contributed by atoms with Crippen LogP contribution in [0, 0.1) is 0 Å². The first kappa shape index (κ1) is 41.8. The lowest BCUT2D eigenvalue weighted by molar-refractivity contribution is -0.146. The summed E-state index contributed by atoms with van der Waals surface area (Å²) in [6, 6.07) is 0. The number of hydrogen-bond acceptors (Lipinski definition) is 8. The fourth-order valence-corrected chi connectivity index (χ4v) is 4.67. The summed E-state index contributed by atoms with van der Waals surface area (Å²) in [6.07, 6.45) is 24.8. The molecule has 0 amide bonds. The maximum Gasteiger partial charge on any atom is 0.305 e. The second kappa shape index (κ2) is 37.0. The topological polar surface area (TPSA) is 89.5 Å². The van der Waals surface area contributed by atoms with Crippen LogP contribution >= 0.6 is 0 Å². The fourth-order valence-electron chi connectivity index (χ4n) is 4.67. The quantitative estimate of drug-likeness (QED) is 0.0512. The van der Waals surface area contributed by atoms with Crippen molar-refractivity contribution in [3.8, 4) is 0 Å². The van der Waals surface area contributed by atoms with Crippen LogP contribution in [0.4, 0.5) is 0 Å². The lowest BCUT2D eigenvalue weighted by atomic mass is 10.0. The van der Waals surface area contributed by atoms with Crippen molar-refractivity contribution in [1.82, 2.24) is 0 Å². The molecule has 0 saturated heterocycles. The first-order valence-corrected chi connectivity index (χ1v) is 17.8. The minimum atomic E-state index is -0.141. The van der Waals surface area contributed by atoms with E-state index in [0.717, 1.165) is 25.7 Å². The Labute approximate surface area is 264 Å². The van der Waals surface area contributed by atoms with Crippen molar-refractivity contribution in [3.63, 3.8) is 0 Å². The molecule has 0 radical (unpaired) electrons. The monoisotopic (exact) mass is 616 g/mol. The van der Waals surface area contributed by atoms with Gasteiger partial charge >= 0.3 is 11.9 Å². The standard InChI is InChI=1S/C35H68O8/c1-3-5-7-9-11-12-13-14-15-16-17-19-21-23-35(37)43-33-31-41-29-27-39-25-24-38-26-28-40-30-32-42-34(36)22-20-18-10-8-6-4-2/h3-33H2,1-2H3. The van der Waals surface area contributed by atoms with Gasteiger partial charge in [0, 0.05) is 12.8 Å². The third kappa shape index (κ3) is 36.9. The highest BCUT2D eigenvalue weighted by molar-refractivity contribution is 5.69. The molecule has 0 aliphatic rings. The van der Waals surface area contributed by atoms with Crippen LogP contribution in [0.2, 0.25) is 0 Å². The van der Waals surface area contributed by atoms with Gasteiger partial charge < -0.3 is 28.4 Å². The van der Waals surface area contributed by atoms with Gasteiger partial charge in [-0.2, -0.15) is 0 Å². The summed E-state index contributed by atoms with van der Waals surface area (Å²) in [6.45, 7) is 8.62. The van der Waals surface area contributed by atoms with Crippen LogP contribution in [0.25, 0.3) is 0 Å². The first-order chi connectivity index (χ1) is 21.2. The molecule has 0 aromatic heterocycles. The Morgan fingerprint density at radius 2 is 0.558 bits per heavy atom. The second-order valence-electron chi connectivity index (χ2n) is 11.4. The van der Waals surface area contributed by atoms with Crippen LogP contribution in [0.15, 0.2) is 0 Å². The number of ether oxygens (including phenoxy) is 6. The molecular weight excluding hydrogens is 548 g/mol. The van der Waals surface area contributed by atoms with Crippen molar-refractivity contribution in [2.75, 3.05) is 66.1 Å². The lowest BCUT2D eigenvalue weighted by Gasteiger charge is -2.08. The molecule has 0 aromatic carbocycles. The van der Waals surface area contributed by atoms with Crippen molar-refractivity contribution >= 4 is 11.9 Å². The van der Waals surface area contributed by atoms with E-state index in [2.05, 4.69) is 13.8 Å². The zero-order chi connectivity index (χ0) is 31.3. The largest absolute Gasteiger partial charge is 0.463 e. The number of hydrogen-bond donors (Lipinski definition) is 0. The molecule has 0 saturated carbocycles. The van der Waals surface area contributed by atoms with Crippen molar-refractivity contribution in [2.45, 2.75) is 149 Å². The van der Waals surface area contributed by atoms with E-state index in [0.29, 0.717) is 72.3 Å². The Balaban J connectivity index is 3.19. The Hall–Kier alpha value is -1.22. The van der Waals surface area contributed by atoms with Gasteiger partial charge in [-0.1, -0.05) is 123 Å². The summed E-state index contributed by atoms with van der Waals surface area (Å²) in [5, 5.41) is 0. The van der Waals surface area contributed by atoms with Crippen molar-refractivity contribution in [1.29, 1.82) is 0 Å². The van der Waals surface area contributed by atoms with E-state index in [9.17, 15) is 9.59 Å². The highest BCUT2D eigenvalue weighted by atomic mass is 16.6. The average molecular weight is 617 g/mol. The van der Waals surface area contributed by atoms with Gasteiger partial charge in [-0.25, -0.2) is 0 Å². The Morgan fingerprint density at radius 1 is 0.326 bits per heavy atom. The van der Waals surface area contributed by atoms with Gasteiger partial charge in [0.25, 0.3) is 0 Å². The highest BCUT2D eigenvalue weighted by Gasteiger charge is 2.04. The molecule has 0 atom stereocenters. The summed E-state index contributed by atoms with van der Waals surface area (Å²) in [4.78, 5) is 23.5. The molecule has 0 rings (SSSR count). The minimum absolute atomic E-state index is 0.131. The van der Waals surface area contributed by atoms with Crippen LogP contribution in [-0.2, 0) is 38.0 Å². The van der Waals surface area contributed by atoms with Gasteiger partial charge in [0.2, 0.25) is 0 Å².